The summed E-state index contributed by atoms with van der Waals surface area (Å²) in [5, 5.41) is 11.3. The summed E-state index contributed by atoms with van der Waals surface area (Å²) >= 11 is 0. The zero-order valence-electron chi connectivity index (χ0n) is 20.0. The summed E-state index contributed by atoms with van der Waals surface area (Å²) < 4.78 is 11.2. The van der Waals surface area contributed by atoms with Crippen LogP contribution in [0.25, 0.3) is 5.76 Å². The molecule has 2 aliphatic heterocycles. The normalized spacial score (nSPS) is 19.2. The summed E-state index contributed by atoms with van der Waals surface area (Å²) in [6, 6.07) is 12.1. The molecule has 1 N–H and O–H groups in total. The van der Waals surface area contributed by atoms with Gasteiger partial charge >= 0.3 is 0 Å². The summed E-state index contributed by atoms with van der Waals surface area (Å²) in [7, 11) is 0. The van der Waals surface area contributed by atoms with E-state index < -0.39 is 17.7 Å². The van der Waals surface area contributed by atoms with Crippen molar-refractivity contribution in [3.05, 3.63) is 64.7 Å². The molecular weight excluding hydrogens is 432 g/mol. The van der Waals surface area contributed by atoms with Crippen LogP contribution in [0.4, 0.5) is 0 Å². The summed E-state index contributed by atoms with van der Waals surface area (Å²) in [5.41, 5.74) is 2.40. The summed E-state index contributed by atoms with van der Waals surface area (Å²) in [6.07, 6.45) is 0.737. The Bertz CT molecular complexity index is 1090. The van der Waals surface area contributed by atoms with Crippen LogP contribution < -0.4 is 9.47 Å². The standard InChI is InChI=1S/C27H32N2O5/c1-4-28(5-2)13-6-14-29-24(19-9-7-18(3)8-10-19)23(26(31)27(29)32)25(30)20-11-12-21-22(17-20)34-16-15-33-21/h7-12,17,24,30H,4-6,13-16H2,1-3H3/b25-23+. The monoisotopic (exact) mass is 464 g/mol. The van der Waals surface area contributed by atoms with E-state index >= 15 is 0 Å². The average molecular weight is 465 g/mol. The summed E-state index contributed by atoms with van der Waals surface area (Å²) in [4.78, 5) is 30.2. The first kappa shape index (κ1) is 23.8. The van der Waals surface area contributed by atoms with E-state index in [2.05, 4.69) is 18.7 Å². The number of hydrogen-bond donors (Lipinski definition) is 1. The van der Waals surface area contributed by atoms with E-state index in [4.69, 9.17) is 9.47 Å². The van der Waals surface area contributed by atoms with Crippen molar-refractivity contribution in [2.45, 2.75) is 33.2 Å². The molecule has 0 saturated carbocycles. The zero-order chi connectivity index (χ0) is 24.2. The molecule has 0 radical (unpaired) electrons. The van der Waals surface area contributed by atoms with E-state index in [1.165, 1.54) is 0 Å². The van der Waals surface area contributed by atoms with E-state index in [-0.39, 0.29) is 11.3 Å². The number of aryl methyl sites for hydroxylation is 1. The second-order valence-electron chi connectivity index (χ2n) is 8.64. The van der Waals surface area contributed by atoms with Gasteiger partial charge in [0.2, 0.25) is 0 Å². The van der Waals surface area contributed by atoms with Gasteiger partial charge in [0.25, 0.3) is 11.7 Å². The van der Waals surface area contributed by atoms with E-state index in [1.807, 2.05) is 31.2 Å². The minimum absolute atomic E-state index is 0.105. The Morgan fingerprint density at radius 2 is 1.71 bits per heavy atom. The largest absolute Gasteiger partial charge is 0.507 e. The van der Waals surface area contributed by atoms with Crippen molar-refractivity contribution < 1.29 is 24.2 Å². The fourth-order valence-electron chi connectivity index (χ4n) is 4.56. The smallest absolute Gasteiger partial charge is 0.295 e. The quantitative estimate of drug-likeness (QED) is 0.362. The maximum absolute atomic E-state index is 13.2. The predicted octanol–water partition coefficient (Wildman–Crippen LogP) is 3.92. The highest BCUT2D eigenvalue weighted by atomic mass is 16.6. The predicted molar refractivity (Wildman–Crippen MR) is 130 cm³/mol. The van der Waals surface area contributed by atoms with Crippen LogP contribution in [0, 0.1) is 6.92 Å². The zero-order valence-corrected chi connectivity index (χ0v) is 20.0. The third kappa shape index (κ3) is 4.66. The van der Waals surface area contributed by atoms with E-state index in [1.54, 1.807) is 23.1 Å². The molecule has 0 spiro atoms. The molecule has 180 valence electrons. The molecule has 1 unspecified atom stereocenters. The Labute approximate surface area is 200 Å². The molecule has 2 aliphatic rings. The SMILES string of the molecule is CCN(CC)CCCN1C(=O)C(=O)/C(=C(/O)c2ccc3c(c2)OCCO3)C1c1ccc(C)cc1. The van der Waals surface area contributed by atoms with Crippen LogP contribution in [0.1, 0.15) is 43.0 Å². The Morgan fingerprint density at radius 1 is 1.03 bits per heavy atom. The van der Waals surface area contributed by atoms with Gasteiger partial charge in [-0.05, 0) is 56.7 Å². The van der Waals surface area contributed by atoms with Gasteiger partial charge in [0.05, 0.1) is 11.6 Å². The van der Waals surface area contributed by atoms with Crippen molar-refractivity contribution in [3.8, 4) is 11.5 Å². The lowest BCUT2D eigenvalue weighted by Gasteiger charge is -2.27. The van der Waals surface area contributed by atoms with Crippen molar-refractivity contribution in [2.75, 3.05) is 39.4 Å². The lowest BCUT2D eigenvalue weighted by atomic mass is 9.94. The molecule has 2 heterocycles. The second kappa shape index (κ2) is 10.3. The Morgan fingerprint density at radius 3 is 2.38 bits per heavy atom. The maximum atomic E-state index is 13.2. The van der Waals surface area contributed by atoms with Crippen molar-refractivity contribution in [1.29, 1.82) is 0 Å². The molecule has 0 bridgehead atoms. The van der Waals surface area contributed by atoms with Crippen LogP contribution in [-0.4, -0.2) is 66.0 Å². The van der Waals surface area contributed by atoms with E-state index in [0.29, 0.717) is 36.8 Å². The van der Waals surface area contributed by atoms with Crippen LogP contribution in [0.2, 0.25) is 0 Å². The average Bonchev–Trinajstić information content (AvgIpc) is 3.11. The fraction of sp³-hybridized carbons (Fsp3) is 0.407. The molecule has 7 heteroatoms. The van der Waals surface area contributed by atoms with Crippen LogP contribution in [0.15, 0.2) is 48.0 Å². The highest BCUT2D eigenvalue weighted by Gasteiger charge is 2.45. The molecule has 34 heavy (non-hydrogen) atoms. The third-order valence-corrected chi connectivity index (χ3v) is 6.52. The van der Waals surface area contributed by atoms with Gasteiger partial charge in [0.1, 0.15) is 19.0 Å². The number of fused-ring (bicyclic) bond motifs is 1. The van der Waals surface area contributed by atoms with Gasteiger partial charge < -0.3 is 24.4 Å². The number of amides is 1. The Balaban J connectivity index is 1.72. The van der Waals surface area contributed by atoms with Crippen molar-refractivity contribution in [3.63, 3.8) is 0 Å². The first-order valence-electron chi connectivity index (χ1n) is 11.9. The first-order chi connectivity index (χ1) is 16.4. The van der Waals surface area contributed by atoms with Crippen molar-refractivity contribution >= 4 is 17.4 Å². The van der Waals surface area contributed by atoms with Gasteiger partial charge in [-0.25, -0.2) is 0 Å². The number of carbonyl (C=O) groups is 2. The Hall–Kier alpha value is -3.32. The highest BCUT2D eigenvalue weighted by Crippen LogP contribution is 2.41. The van der Waals surface area contributed by atoms with Crippen LogP contribution >= 0.6 is 0 Å². The van der Waals surface area contributed by atoms with Crippen LogP contribution in [-0.2, 0) is 9.59 Å². The van der Waals surface area contributed by atoms with Gasteiger partial charge in [-0.2, -0.15) is 0 Å². The van der Waals surface area contributed by atoms with Gasteiger partial charge in [0, 0.05) is 12.1 Å². The molecular formula is C27H32N2O5. The molecule has 7 nitrogen and oxygen atoms in total. The van der Waals surface area contributed by atoms with Gasteiger partial charge in [-0.3, -0.25) is 9.59 Å². The van der Waals surface area contributed by atoms with Crippen molar-refractivity contribution in [2.24, 2.45) is 0 Å². The number of Topliss-reactive ketones (excluding diaryl/α,β-unsaturated/α-hetero) is 1. The minimum atomic E-state index is -0.666. The highest BCUT2D eigenvalue weighted by molar-refractivity contribution is 6.46. The second-order valence-corrected chi connectivity index (χ2v) is 8.64. The number of rotatable bonds is 8. The molecule has 2 aromatic carbocycles. The molecule has 1 fully saturated rings. The van der Waals surface area contributed by atoms with E-state index in [0.717, 1.165) is 37.2 Å². The molecule has 4 rings (SSSR count). The number of aliphatic hydroxyl groups excluding tert-OH is 1. The summed E-state index contributed by atoms with van der Waals surface area (Å²) in [5.74, 6) is -0.345. The number of ketones is 1. The molecule has 1 atom stereocenters. The molecule has 1 saturated heterocycles. The minimum Gasteiger partial charge on any atom is -0.507 e. The van der Waals surface area contributed by atoms with Crippen LogP contribution in [0.3, 0.4) is 0 Å². The van der Waals surface area contributed by atoms with Gasteiger partial charge in [-0.15, -0.1) is 0 Å². The lowest BCUT2D eigenvalue weighted by molar-refractivity contribution is -0.140. The molecule has 0 aromatic heterocycles. The number of carbonyl (C=O) groups excluding carboxylic acids is 2. The lowest BCUT2D eigenvalue weighted by Crippen LogP contribution is -2.33. The topological polar surface area (TPSA) is 79.3 Å². The number of aliphatic hydroxyl groups is 1. The number of benzene rings is 2. The number of nitrogens with zero attached hydrogens (tertiary/aromatic N) is 2. The molecule has 1 amide bonds. The number of likely N-dealkylation sites (tertiary alicyclic amines) is 1. The van der Waals surface area contributed by atoms with Crippen LogP contribution in [0.5, 0.6) is 11.5 Å². The van der Waals surface area contributed by atoms with E-state index in [9.17, 15) is 14.7 Å². The summed E-state index contributed by atoms with van der Waals surface area (Å²) in [6.45, 7) is 10.2. The third-order valence-electron chi connectivity index (χ3n) is 6.52. The first-order valence-corrected chi connectivity index (χ1v) is 11.9. The fourth-order valence-corrected chi connectivity index (χ4v) is 4.56. The Kier molecular flexibility index (Phi) is 7.22. The van der Waals surface area contributed by atoms with Gasteiger partial charge in [-0.1, -0.05) is 43.7 Å². The maximum Gasteiger partial charge on any atom is 0.295 e. The van der Waals surface area contributed by atoms with Gasteiger partial charge in [0.15, 0.2) is 11.5 Å². The molecule has 0 aliphatic carbocycles. The number of ether oxygens (including phenoxy) is 2. The molecule has 2 aromatic rings. The number of hydrogen-bond acceptors (Lipinski definition) is 6. The van der Waals surface area contributed by atoms with Crippen molar-refractivity contribution in [1.82, 2.24) is 9.80 Å².